The van der Waals surface area contributed by atoms with Crippen LogP contribution in [0.15, 0.2) is 11.0 Å². The van der Waals surface area contributed by atoms with Crippen molar-refractivity contribution in [3.63, 3.8) is 0 Å². The summed E-state index contributed by atoms with van der Waals surface area (Å²) in [5, 5.41) is 10.9. The quantitative estimate of drug-likeness (QED) is 0.620. The minimum absolute atomic E-state index is 0.155. The van der Waals surface area contributed by atoms with Crippen molar-refractivity contribution < 1.29 is 22.5 Å². The van der Waals surface area contributed by atoms with Gasteiger partial charge in [0.2, 0.25) is 15.8 Å². The molecule has 21 heavy (non-hydrogen) atoms. The number of morpholine rings is 1. The normalized spacial score (nSPS) is 16.9. The summed E-state index contributed by atoms with van der Waals surface area (Å²) in [6.07, 6.45) is 0. The topological polar surface area (TPSA) is 89.8 Å². The summed E-state index contributed by atoms with van der Waals surface area (Å²) < 4.78 is 45.3. The molecular weight excluding hydrogens is 303 g/mol. The summed E-state index contributed by atoms with van der Waals surface area (Å²) >= 11 is 0. The molecule has 0 bridgehead atoms. The first-order chi connectivity index (χ1) is 9.76. The molecule has 0 N–H and O–H groups in total. The van der Waals surface area contributed by atoms with E-state index in [0.717, 1.165) is 6.07 Å². The molecule has 1 fully saturated rings. The van der Waals surface area contributed by atoms with E-state index in [0.29, 0.717) is 0 Å². The standard InChI is InChI=1S/C12H15FN2O5S/c1-8-7-10(13)11(15(16)17)9(2)12(8)21(18,19)14-3-5-20-6-4-14/h7H,3-6H2,1-2H3. The van der Waals surface area contributed by atoms with E-state index in [-0.39, 0.29) is 42.3 Å². The largest absolute Gasteiger partial charge is 0.379 e. The highest BCUT2D eigenvalue weighted by atomic mass is 32.2. The number of nitro groups is 1. The predicted octanol–water partition coefficient (Wildman–Crippen LogP) is 1.37. The third-order valence-electron chi connectivity index (χ3n) is 3.37. The highest BCUT2D eigenvalue weighted by Gasteiger charge is 2.34. The fourth-order valence-corrected chi connectivity index (χ4v) is 4.28. The molecule has 0 unspecified atom stereocenters. The van der Waals surface area contributed by atoms with Gasteiger partial charge < -0.3 is 4.74 Å². The number of hydrogen-bond acceptors (Lipinski definition) is 5. The second-order valence-electron chi connectivity index (χ2n) is 4.75. The van der Waals surface area contributed by atoms with E-state index in [4.69, 9.17) is 4.74 Å². The van der Waals surface area contributed by atoms with E-state index in [2.05, 4.69) is 0 Å². The average molecular weight is 318 g/mol. The van der Waals surface area contributed by atoms with Crippen molar-refractivity contribution in [2.45, 2.75) is 18.7 Å². The van der Waals surface area contributed by atoms with Crippen LogP contribution < -0.4 is 0 Å². The minimum Gasteiger partial charge on any atom is -0.379 e. The number of ether oxygens (including phenoxy) is 1. The van der Waals surface area contributed by atoms with Crippen LogP contribution in [0.5, 0.6) is 0 Å². The van der Waals surface area contributed by atoms with Gasteiger partial charge in [-0.15, -0.1) is 0 Å². The Labute approximate surface area is 121 Å². The Morgan fingerprint density at radius 1 is 1.33 bits per heavy atom. The first-order valence-corrected chi connectivity index (χ1v) is 7.72. The van der Waals surface area contributed by atoms with Gasteiger partial charge in [-0.1, -0.05) is 0 Å². The summed E-state index contributed by atoms with van der Waals surface area (Å²) in [6, 6.07) is 0.887. The van der Waals surface area contributed by atoms with Crippen molar-refractivity contribution in [2.24, 2.45) is 0 Å². The van der Waals surface area contributed by atoms with Crippen LogP contribution in [0.1, 0.15) is 11.1 Å². The van der Waals surface area contributed by atoms with Crippen molar-refractivity contribution in [1.29, 1.82) is 0 Å². The molecule has 0 aliphatic carbocycles. The molecule has 1 aliphatic rings. The first-order valence-electron chi connectivity index (χ1n) is 6.28. The summed E-state index contributed by atoms with van der Waals surface area (Å²) in [6.45, 7) is 3.55. The second-order valence-corrected chi connectivity index (χ2v) is 6.63. The van der Waals surface area contributed by atoms with Crippen LogP contribution in [0.3, 0.4) is 0 Å². The van der Waals surface area contributed by atoms with E-state index in [1.807, 2.05) is 0 Å². The molecule has 1 saturated heterocycles. The molecule has 0 spiro atoms. The van der Waals surface area contributed by atoms with Gasteiger partial charge in [-0.25, -0.2) is 8.42 Å². The van der Waals surface area contributed by atoms with E-state index in [1.165, 1.54) is 18.2 Å². The van der Waals surface area contributed by atoms with Crippen molar-refractivity contribution in [2.75, 3.05) is 26.3 Å². The smallest absolute Gasteiger partial charge is 0.309 e. The summed E-state index contributed by atoms with van der Waals surface area (Å²) in [7, 11) is -3.91. The molecule has 0 saturated carbocycles. The van der Waals surface area contributed by atoms with Crippen LogP contribution in [0.2, 0.25) is 0 Å². The van der Waals surface area contributed by atoms with Gasteiger partial charge in [-0.05, 0) is 25.5 Å². The van der Waals surface area contributed by atoms with Gasteiger partial charge >= 0.3 is 5.69 Å². The van der Waals surface area contributed by atoms with E-state index in [1.54, 1.807) is 0 Å². The number of halogens is 1. The SMILES string of the molecule is Cc1cc(F)c([N+](=O)[O-])c(C)c1S(=O)(=O)N1CCOCC1. The van der Waals surface area contributed by atoms with Crippen molar-refractivity contribution >= 4 is 15.7 Å². The van der Waals surface area contributed by atoms with Gasteiger partial charge in [0.05, 0.1) is 28.6 Å². The number of aryl methyl sites for hydroxylation is 1. The molecule has 7 nitrogen and oxygen atoms in total. The number of hydrogen-bond donors (Lipinski definition) is 0. The maximum Gasteiger partial charge on any atom is 0.309 e. The van der Waals surface area contributed by atoms with Crippen molar-refractivity contribution in [1.82, 2.24) is 4.31 Å². The van der Waals surface area contributed by atoms with E-state index >= 15 is 0 Å². The fraction of sp³-hybridized carbons (Fsp3) is 0.500. The molecule has 0 amide bonds. The number of nitrogens with zero attached hydrogens (tertiary/aromatic N) is 2. The van der Waals surface area contributed by atoms with Crippen LogP contribution in [0.25, 0.3) is 0 Å². The minimum atomic E-state index is -3.91. The van der Waals surface area contributed by atoms with Crippen LogP contribution in [-0.2, 0) is 14.8 Å². The van der Waals surface area contributed by atoms with Gasteiger partial charge in [0.25, 0.3) is 0 Å². The second kappa shape index (κ2) is 5.66. The molecule has 116 valence electrons. The van der Waals surface area contributed by atoms with Crippen LogP contribution in [0.4, 0.5) is 10.1 Å². The predicted molar refractivity (Wildman–Crippen MR) is 72.1 cm³/mol. The van der Waals surface area contributed by atoms with E-state index < -0.39 is 26.5 Å². The Balaban J connectivity index is 2.62. The molecule has 1 aromatic rings. The Hall–Kier alpha value is -1.58. The van der Waals surface area contributed by atoms with Gasteiger partial charge in [0, 0.05) is 13.1 Å². The summed E-state index contributed by atoms with van der Waals surface area (Å²) in [5.74, 6) is -1.03. The zero-order chi connectivity index (χ0) is 15.8. The lowest BCUT2D eigenvalue weighted by atomic mass is 10.1. The highest BCUT2D eigenvalue weighted by Crippen LogP contribution is 2.33. The maximum atomic E-state index is 13.7. The van der Waals surface area contributed by atoms with Crippen molar-refractivity contribution in [3.05, 3.63) is 33.1 Å². The van der Waals surface area contributed by atoms with Crippen LogP contribution >= 0.6 is 0 Å². The number of sulfonamides is 1. The Morgan fingerprint density at radius 3 is 2.43 bits per heavy atom. The third kappa shape index (κ3) is 2.76. The molecule has 1 aliphatic heterocycles. The fourth-order valence-electron chi connectivity index (χ4n) is 2.44. The lowest BCUT2D eigenvalue weighted by Crippen LogP contribution is -2.41. The molecule has 1 heterocycles. The molecule has 0 atom stereocenters. The number of rotatable bonds is 3. The molecular formula is C12H15FN2O5S. The van der Waals surface area contributed by atoms with Gasteiger partial charge in [0.15, 0.2) is 0 Å². The van der Waals surface area contributed by atoms with Crippen molar-refractivity contribution in [3.8, 4) is 0 Å². The summed E-state index contributed by atoms with van der Waals surface area (Å²) in [4.78, 5) is 9.85. The zero-order valence-corrected chi connectivity index (χ0v) is 12.4. The monoisotopic (exact) mass is 318 g/mol. The molecule has 1 aromatic carbocycles. The third-order valence-corrected chi connectivity index (χ3v) is 5.56. The number of benzene rings is 1. The lowest BCUT2D eigenvalue weighted by Gasteiger charge is -2.27. The number of nitro benzene ring substituents is 1. The van der Waals surface area contributed by atoms with Gasteiger partial charge in [0.1, 0.15) is 0 Å². The molecule has 0 aromatic heterocycles. The Kier molecular flexibility index (Phi) is 4.26. The Bertz CT molecular complexity index is 683. The maximum absolute atomic E-state index is 13.7. The molecule has 2 rings (SSSR count). The first kappa shape index (κ1) is 15.8. The molecule has 9 heteroatoms. The van der Waals surface area contributed by atoms with Crippen LogP contribution in [-0.4, -0.2) is 43.9 Å². The average Bonchev–Trinajstić information content (AvgIpc) is 2.38. The highest BCUT2D eigenvalue weighted by molar-refractivity contribution is 7.89. The van der Waals surface area contributed by atoms with Gasteiger partial charge in [-0.2, -0.15) is 8.70 Å². The molecule has 0 radical (unpaired) electrons. The van der Waals surface area contributed by atoms with Gasteiger partial charge in [-0.3, -0.25) is 10.1 Å². The van der Waals surface area contributed by atoms with E-state index in [9.17, 15) is 22.9 Å². The summed E-state index contributed by atoms with van der Waals surface area (Å²) in [5.41, 5.74) is -0.821. The zero-order valence-electron chi connectivity index (χ0n) is 11.6. The lowest BCUT2D eigenvalue weighted by molar-refractivity contribution is -0.388. The van der Waals surface area contributed by atoms with Crippen LogP contribution in [0, 0.1) is 29.8 Å². The Morgan fingerprint density at radius 2 is 1.90 bits per heavy atom.